The third kappa shape index (κ3) is 4.27. The lowest BCUT2D eigenvalue weighted by atomic mass is 10.4. The quantitative estimate of drug-likeness (QED) is 0.773. The zero-order valence-electron chi connectivity index (χ0n) is 11.7. The number of nitrogen functional groups attached to an aromatic ring is 1. The number of hydrogen-bond acceptors (Lipinski definition) is 4. The zero-order valence-corrected chi connectivity index (χ0v) is 11.7. The number of aromatic nitrogens is 2. The summed E-state index contributed by atoms with van der Waals surface area (Å²) in [6, 6.07) is 0. The van der Waals surface area contributed by atoms with Crippen LogP contribution in [0.5, 0.6) is 0 Å². The Morgan fingerprint density at radius 3 is 2.42 bits per heavy atom. The van der Waals surface area contributed by atoms with Gasteiger partial charge in [-0.05, 0) is 13.8 Å². The number of nitrogens with zero attached hydrogens (tertiary/aromatic N) is 4. The van der Waals surface area contributed by atoms with Gasteiger partial charge in [-0.3, -0.25) is 14.3 Å². The second-order valence-electron chi connectivity index (χ2n) is 4.29. The Bertz CT molecular complexity index is 439. The van der Waals surface area contributed by atoms with Gasteiger partial charge in [0.05, 0.1) is 18.4 Å². The van der Waals surface area contributed by atoms with E-state index in [2.05, 4.69) is 5.10 Å². The van der Waals surface area contributed by atoms with E-state index in [9.17, 15) is 9.59 Å². The molecule has 0 aromatic carbocycles. The van der Waals surface area contributed by atoms with Crippen molar-refractivity contribution in [3.8, 4) is 0 Å². The fourth-order valence-corrected chi connectivity index (χ4v) is 1.69. The van der Waals surface area contributed by atoms with Crippen molar-refractivity contribution in [3.63, 3.8) is 0 Å². The van der Waals surface area contributed by atoms with Crippen LogP contribution in [-0.4, -0.2) is 58.1 Å². The lowest BCUT2D eigenvalue weighted by molar-refractivity contribution is -0.139. The van der Waals surface area contributed by atoms with Gasteiger partial charge in [0, 0.05) is 26.3 Å². The lowest BCUT2D eigenvalue weighted by Crippen LogP contribution is -2.42. The fourth-order valence-electron chi connectivity index (χ4n) is 1.69. The van der Waals surface area contributed by atoms with Crippen LogP contribution in [0.3, 0.4) is 0 Å². The maximum atomic E-state index is 11.9. The number of rotatable bonds is 6. The number of likely N-dealkylation sites (N-methyl/N-ethyl adjacent to an activating group) is 2. The van der Waals surface area contributed by atoms with E-state index >= 15 is 0 Å². The molecule has 0 fully saturated rings. The van der Waals surface area contributed by atoms with Gasteiger partial charge < -0.3 is 15.5 Å². The second-order valence-corrected chi connectivity index (χ2v) is 4.29. The van der Waals surface area contributed by atoms with Crippen LogP contribution in [0, 0.1) is 0 Å². The SMILES string of the molecule is CCN(CC)C(=O)CN(C)C(=O)Cn1cc(N)cn1. The average Bonchev–Trinajstić information content (AvgIpc) is 2.76. The smallest absolute Gasteiger partial charge is 0.244 e. The van der Waals surface area contributed by atoms with Gasteiger partial charge >= 0.3 is 0 Å². The molecule has 106 valence electrons. The molecule has 1 heterocycles. The van der Waals surface area contributed by atoms with Gasteiger partial charge in [0.2, 0.25) is 11.8 Å². The maximum absolute atomic E-state index is 11.9. The molecule has 0 saturated carbocycles. The van der Waals surface area contributed by atoms with Crippen molar-refractivity contribution >= 4 is 17.5 Å². The highest BCUT2D eigenvalue weighted by atomic mass is 16.2. The van der Waals surface area contributed by atoms with E-state index in [0.717, 1.165) is 0 Å². The van der Waals surface area contributed by atoms with Crippen molar-refractivity contribution in [2.75, 3.05) is 32.4 Å². The summed E-state index contributed by atoms with van der Waals surface area (Å²) in [5.74, 6) is -0.232. The molecule has 2 N–H and O–H groups in total. The highest BCUT2D eigenvalue weighted by Gasteiger charge is 2.16. The average molecular weight is 267 g/mol. The first-order chi connectivity index (χ1) is 8.97. The molecule has 0 aliphatic rings. The topological polar surface area (TPSA) is 84.5 Å². The number of nitrogens with two attached hydrogens (primary N) is 1. The first-order valence-corrected chi connectivity index (χ1v) is 6.27. The normalized spacial score (nSPS) is 10.3. The molecule has 7 nitrogen and oxygen atoms in total. The van der Waals surface area contributed by atoms with Gasteiger partial charge in [-0.2, -0.15) is 5.10 Å². The van der Waals surface area contributed by atoms with E-state index in [0.29, 0.717) is 18.8 Å². The minimum Gasteiger partial charge on any atom is -0.396 e. The zero-order chi connectivity index (χ0) is 14.4. The van der Waals surface area contributed by atoms with Gasteiger partial charge in [-0.15, -0.1) is 0 Å². The largest absolute Gasteiger partial charge is 0.396 e. The highest BCUT2D eigenvalue weighted by molar-refractivity contribution is 5.84. The van der Waals surface area contributed by atoms with Crippen molar-refractivity contribution in [2.45, 2.75) is 20.4 Å². The molecule has 0 unspecified atom stereocenters. The summed E-state index contributed by atoms with van der Waals surface area (Å²) in [6.45, 7) is 5.28. The molecule has 1 rings (SSSR count). The summed E-state index contributed by atoms with van der Waals surface area (Å²) in [5, 5.41) is 3.93. The predicted molar refractivity (Wildman–Crippen MR) is 72.2 cm³/mol. The van der Waals surface area contributed by atoms with E-state index in [1.54, 1.807) is 18.1 Å². The third-order valence-corrected chi connectivity index (χ3v) is 2.86. The molecule has 0 aliphatic carbocycles. The monoisotopic (exact) mass is 267 g/mol. The molecule has 0 atom stereocenters. The molecule has 19 heavy (non-hydrogen) atoms. The molecule has 1 aromatic heterocycles. The number of carbonyl (C=O) groups excluding carboxylic acids is 2. The van der Waals surface area contributed by atoms with Crippen molar-refractivity contribution in [1.82, 2.24) is 19.6 Å². The van der Waals surface area contributed by atoms with E-state index in [1.165, 1.54) is 15.8 Å². The Kier molecular flexibility index (Phi) is 5.35. The number of hydrogen-bond donors (Lipinski definition) is 1. The van der Waals surface area contributed by atoms with Crippen LogP contribution in [0.15, 0.2) is 12.4 Å². The molecule has 0 radical (unpaired) electrons. The summed E-state index contributed by atoms with van der Waals surface area (Å²) < 4.78 is 1.45. The van der Waals surface area contributed by atoms with Gasteiger partial charge in [0.15, 0.2) is 0 Å². The molecule has 0 spiro atoms. The summed E-state index contributed by atoms with van der Waals surface area (Å²) in [4.78, 5) is 26.9. The second kappa shape index (κ2) is 6.77. The first-order valence-electron chi connectivity index (χ1n) is 6.27. The third-order valence-electron chi connectivity index (χ3n) is 2.86. The van der Waals surface area contributed by atoms with Crippen LogP contribution in [0.2, 0.25) is 0 Å². The van der Waals surface area contributed by atoms with Gasteiger partial charge in [0.25, 0.3) is 0 Å². The van der Waals surface area contributed by atoms with Gasteiger partial charge in [0.1, 0.15) is 6.54 Å². The van der Waals surface area contributed by atoms with Gasteiger partial charge in [-0.1, -0.05) is 0 Å². The molecular weight excluding hydrogens is 246 g/mol. The van der Waals surface area contributed by atoms with E-state index in [4.69, 9.17) is 5.73 Å². The number of anilines is 1. The van der Waals surface area contributed by atoms with Crippen molar-refractivity contribution in [3.05, 3.63) is 12.4 Å². The van der Waals surface area contributed by atoms with E-state index < -0.39 is 0 Å². The minimum atomic E-state index is -0.177. The maximum Gasteiger partial charge on any atom is 0.244 e. The molecule has 7 heteroatoms. The van der Waals surface area contributed by atoms with Crippen LogP contribution >= 0.6 is 0 Å². The minimum absolute atomic E-state index is 0.0548. The number of amides is 2. The van der Waals surface area contributed by atoms with Crippen LogP contribution in [0.1, 0.15) is 13.8 Å². The van der Waals surface area contributed by atoms with E-state index in [1.807, 2.05) is 13.8 Å². The molecular formula is C12H21N5O2. The van der Waals surface area contributed by atoms with Crippen LogP contribution in [-0.2, 0) is 16.1 Å². The van der Waals surface area contributed by atoms with Crippen LogP contribution in [0.4, 0.5) is 5.69 Å². The summed E-state index contributed by atoms with van der Waals surface area (Å²) in [7, 11) is 1.61. The summed E-state index contributed by atoms with van der Waals surface area (Å²) in [6.07, 6.45) is 3.06. The first kappa shape index (κ1) is 15.0. The molecule has 2 amide bonds. The van der Waals surface area contributed by atoms with Crippen molar-refractivity contribution in [1.29, 1.82) is 0 Å². The fraction of sp³-hybridized carbons (Fsp3) is 0.583. The van der Waals surface area contributed by atoms with Crippen LogP contribution < -0.4 is 5.73 Å². The predicted octanol–water partition coefficient (Wildman–Crippen LogP) is -0.208. The van der Waals surface area contributed by atoms with E-state index in [-0.39, 0.29) is 24.9 Å². The summed E-state index contributed by atoms with van der Waals surface area (Å²) in [5.41, 5.74) is 6.03. The highest BCUT2D eigenvalue weighted by Crippen LogP contribution is 1.99. The molecule has 0 bridgehead atoms. The summed E-state index contributed by atoms with van der Waals surface area (Å²) >= 11 is 0. The Morgan fingerprint density at radius 2 is 1.95 bits per heavy atom. The van der Waals surface area contributed by atoms with Crippen molar-refractivity contribution in [2.24, 2.45) is 0 Å². The van der Waals surface area contributed by atoms with Crippen LogP contribution in [0.25, 0.3) is 0 Å². The Morgan fingerprint density at radius 1 is 1.32 bits per heavy atom. The molecule has 1 aromatic rings. The molecule has 0 aliphatic heterocycles. The number of carbonyl (C=O) groups is 2. The molecule has 0 saturated heterocycles. The Balaban J connectivity index is 2.51. The Labute approximate surface area is 113 Å². The van der Waals surface area contributed by atoms with Gasteiger partial charge in [-0.25, -0.2) is 0 Å². The lowest BCUT2D eigenvalue weighted by Gasteiger charge is -2.23. The van der Waals surface area contributed by atoms with Crippen molar-refractivity contribution < 1.29 is 9.59 Å². The Hall–Kier alpha value is -2.05. The standard InChI is InChI=1S/C12H21N5O2/c1-4-16(5-2)12(19)8-15(3)11(18)9-17-7-10(13)6-14-17/h6-7H,4-5,8-9,13H2,1-3H3.